The molecule has 11 nitrogen and oxygen atoms in total. The number of unbranched alkanes of at least 4 members (excludes halogenated alkanes) is 1. The minimum Gasteiger partial charge on any atom is -0.495 e. The molecule has 41 heavy (non-hydrogen) atoms. The van der Waals surface area contributed by atoms with Gasteiger partial charge in [-0.2, -0.15) is 15.0 Å². The molecule has 2 aromatic carbocycles. The number of nitrogens with two attached hydrogens (primary N) is 2. The van der Waals surface area contributed by atoms with Gasteiger partial charge in [0.25, 0.3) is 0 Å². The van der Waals surface area contributed by atoms with Crippen molar-refractivity contribution in [3.8, 4) is 11.5 Å². The van der Waals surface area contributed by atoms with Gasteiger partial charge >= 0.3 is 0 Å². The van der Waals surface area contributed by atoms with E-state index in [0.29, 0.717) is 51.3 Å². The van der Waals surface area contributed by atoms with Crippen molar-refractivity contribution in [2.24, 2.45) is 0 Å². The molecule has 0 aliphatic heterocycles. The number of nitrogens with one attached hydrogen (secondary N) is 2. The molecule has 0 spiro atoms. The fourth-order valence-electron chi connectivity index (χ4n) is 4.42. The van der Waals surface area contributed by atoms with Gasteiger partial charge in [0, 0.05) is 44.1 Å². The molecule has 1 heterocycles. The summed E-state index contributed by atoms with van der Waals surface area (Å²) in [6.45, 7) is 13.9. The molecular formula is C29H45N9O2S. The summed E-state index contributed by atoms with van der Waals surface area (Å²) in [4.78, 5) is 18.5. The normalized spacial score (nSPS) is 10.8. The Morgan fingerprint density at radius 3 is 1.51 bits per heavy atom. The predicted octanol–water partition coefficient (Wildman–Crippen LogP) is 6.13. The molecule has 3 rings (SSSR count). The lowest BCUT2D eigenvalue weighted by Gasteiger charge is -2.25. The molecule has 0 atom stereocenters. The lowest BCUT2D eigenvalue weighted by molar-refractivity contribution is 0.414. The fourth-order valence-corrected chi connectivity index (χ4v) is 5.33. The molecule has 0 amide bonds. The van der Waals surface area contributed by atoms with Gasteiger partial charge < -0.3 is 41.4 Å². The second kappa shape index (κ2) is 15.3. The van der Waals surface area contributed by atoms with Crippen LogP contribution in [0.1, 0.15) is 47.5 Å². The molecule has 1 aromatic heterocycles. The van der Waals surface area contributed by atoms with Crippen molar-refractivity contribution in [3.05, 3.63) is 24.3 Å². The van der Waals surface area contributed by atoms with Crippen LogP contribution in [0, 0.1) is 0 Å². The van der Waals surface area contributed by atoms with Crippen molar-refractivity contribution in [2.75, 3.05) is 78.1 Å². The van der Waals surface area contributed by atoms with Gasteiger partial charge in [-0.1, -0.05) is 25.1 Å². The van der Waals surface area contributed by atoms with Gasteiger partial charge in [-0.15, -0.1) is 0 Å². The number of aromatic nitrogens is 3. The van der Waals surface area contributed by atoms with E-state index in [0.717, 1.165) is 56.1 Å². The number of nitrogens with zero attached hydrogens (tertiary/aromatic N) is 5. The van der Waals surface area contributed by atoms with Crippen LogP contribution in [-0.4, -0.2) is 61.1 Å². The number of hydrogen-bond donors (Lipinski definition) is 4. The number of methoxy groups -OCH3 is 2. The second-order valence-electron chi connectivity index (χ2n) is 9.28. The van der Waals surface area contributed by atoms with Gasteiger partial charge in [-0.3, -0.25) is 0 Å². The molecule has 0 radical (unpaired) electrons. The topological polar surface area (TPSA) is 140 Å². The summed E-state index contributed by atoms with van der Waals surface area (Å²) in [5.41, 5.74) is 17.1. The average Bonchev–Trinajstić information content (AvgIpc) is 2.97. The lowest BCUT2D eigenvalue weighted by Crippen LogP contribution is -2.22. The minimum absolute atomic E-state index is 0.375. The summed E-state index contributed by atoms with van der Waals surface area (Å²) in [5, 5.41) is 7.25. The first kappa shape index (κ1) is 31.7. The third-order valence-electron chi connectivity index (χ3n) is 6.75. The highest BCUT2D eigenvalue weighted by Gasteiger charge is 2.17. The first-order valence-corrected chi connectivity index (χ1v) is 15.2. The zero-order valence-corrected chi connectivity index (χ0v) is 26.2. The Morgan fingerprint density at radius 2 is 1.15 bits per heavy atom. The van der Waals surface area contributed by atoms with Crippen LogP contribution in [0.3, 0.4) is 0 Å². The molecule has 0 unspecified atom stereocenters. The predicted molar refractivity (Wildman–Crippen MR) is 174 cm³/mol. The molecule has 0 aliphatic carbocycles. The minimum atomic E-state index is 0.375. The number of anilines is 8. The second-order valence-corrected chi connectivity index (χ2v) is 10.3. The van der Waals surface area contributed by atoms with Crippen molar-refractivity contribution in [2.45, 2.75) is 52.6 Å². The Bertz CT molecular complexity index is 1190. The van der Waals surface area contributed by atoms with Crippen LogP contribution in [0.4, 0.5) is 46.0 Å². The van der Waals surface area contributed by atoms with Crippen molar-refractivity contribution < 1.29 is 9.47 Å². The smallest absolute Gasteiger partial charge is 0.233 e. The summed E-state index contributed by atoms with van der Waals surface area (Å²) in [5.74, 6) is 3.07. The maximum absolute atomic E-state index is 6.43. The number of nitrogen functional groups attached to an aromatic ring is 2. The summed E-state index contributed by atoms with van der Waals surface area (Å²) in [6, 6.07) is 7.58. The summed E-state index contributed by atoms with van der Waals surface area (Å²) in [7, 11) is 3.30. The quantitative estimate of drug-likeness (QED) is 0.0876. The monoisotopic (exact) mass is 583 g/mol. The molecular weight excluding hydrogens is 538 g/mol. The van der Waals surface area contributed by atoms with Crippen LogP contribution >= 0.6 is 11.8 Å². The van der Waals surface area contributed by atoms with E-state index < -0.39 is 0 Å². The number of hydrogen-bond acceptors (Lipinski definition) is 12. The zero-order valence-electron chi connectivity index (χ0n) is 25.4. The molecule has 0 saturated carbocycles. The Kier molecular flexibility index (Phi) is 11.8. The molecule has 3 aromatic rings. The maximum atomic E-state index is 6.43. The molecule has 6 N–H and O–H groups in total. The van der Waals surface area contributed by atoms with E-state index in [1.165, 1.54) is 0 Å². The largest absolute Gasteiger partial charge is 0.495 e. The Morgan fingerprint density at radius 1 is 0.707 bits per heavy atom. The van der Waals surface area contributed by atoms with Gasteiger partial charge in [0.1, 0.15) is 11.5 Å². The van der Waals surface area contributed by atoms with Gasteiger partial charge in [-0.25, -0.2) is 0 Å². The molecule has 12 heteroatoms. The van der Waals surface area contributed by atoms with Gasteiger partial charge in [0.05, 0.1) is 48.3 Å². The Hall–Kier alpha value is -3.80. The molecule has 0 saturated heterocycles. The van der Waals surface area contributed by atoms with Gasteiger partial charge in [0.2, 0.25) is 11.9 Å². The van der Waals surface area contributed by atoms with Gasteiger partial charge in [0.15, 0.2) is 5.16 Å². The van der Waals surface area contributed by atoms with Gasteiger partial charge in [-0.05, 0) is 46.2 Å². The highest BCUT2D eigenvalue weighted by molar-refractivity contribution is 7.99. The first-order valence-electron chi connectivity index (χ1n) is 14.2. The van der Waals surface area contributed by atoms with Crippen molar-refractivity contribution in [1.29, 1.82) is 0 Å². The van der Waals surface area contributed by atoms with Crippen LogP contribution in [0.2, 0.25) is 0 Å². The van der Waals surface area contributed by atoms with Crippen LogP contribution in [0.5, 0.6) is 11.5 Å². The lowest BCUT2D eigenvalue weighted by atomic mass is 10.2. The van der Waals surface area contributed by atoms with Crippen LogP contribution in [0.15, 0.2) is 29.4 Å². The van der Waals surface area contributed by atoms with E-state index in [-0.39, 0.29) is 0 Å². The number of ether oxygens (including phenoxy) is 2. The van der Waals surface area contributed by atoms with E-state index >= 15 is 0 Å². The third-order valence-corrected chi connectivity index (χ3v) is 7.68. The first-order chi connectivity index (χ1) is 19.8. The highest BCUT2D eigenvalue weighted by atomic mass is 32.2. The van der Waals surface area contributed by atoms with E-state index in [1.54, 1.807) is 26.0 Å². The van der Waals surface area contributed by atoms with Crippen LogP contribution < -0.4 is 41.4 Å². The van der Waals surface area contributed by atoms with E-state index in [1.807, 2.05) is 24.3 Å². The van der Waals surface area contributed by atoms with Crippen molar-refractivity contribution in [1.82, 2.24) is 15.0 Å². The standard InChI is InChI=1S/C29H45N9O2S/c1-8-13-14-41-29-35-27(32-21-17-23(37(9-2)10-3)25(39-6)15-19(21)30)34-28(36-29)33-22-18-24(38(11-4)12-5)26(40-7)16-20(22)31/h15-18H,8-14,30-31H2,1-7H3,(H2,32,33,34,35,36). The molecule has 0 fully saturated rings. The van der Waals surface area contributed by atoms with Crippen molar-refractivity contribution in [3.63, 3.8) is 0 Å². The highest BCUT2D eigenvalue weighted by Crippen LogP contribution is 2.38. The molecule has 0 aliphatic rings. The summed E-state index contributed by atoms with van der Waals surface area (Å²) >= 11 is 1.58. The number of benzene rings is 2. The summed E-state index contributed by atoms with van der Waals surface area (Å²) in [6.07, 6.45) is 2.14. The Balaban J connectivity index is 2.04. The zero-order chi connectivity index (χ0) is 29.9. The number of thioether (sulfide) groups is 1. The van der Waals surface area contributed by atoms with Crippen LogP contribution in [-0.2, 0) is 0 Å². The maximum Gasteiger partial charge on any atom is 0.233 e. The molecule has 224 valence electrons. The summed E-state index contributed by atoms with van der Waals surface area (Å²) < 4.78 is 11.2. The van der Waals surface area contributed by atoms with E-state index in [9.17, 15) is 0 Å². The SMILES string of the molecule is CCCCSc1nc(Nc2cc(N(CC)CC)c(OC)cc2N)nc(Nc2cc(N(CC)CC)c(OC)cc2N)n1. The molecule has 0 bridgehead atoms. The third kappa shape index (κ3) is 7.90. The fraction of sp³-hybridized carbons (Fsp3) is 0.483. The number of rotatable bonds is 16. The van der Waals surface area contributed by atoms with Crippen molar-refractivity contribution >= 4 is 57.8 Å². The van der Waals surface area contributed by atoms with E-state index in [4.69, 9.17) is 35.9 Å². The van der Waals surface area contributed by atoms with Crippen LogP contribution in [0.25, 0.3) is 0 Å². The Labute approximate surface area is 248 Å². The average molecular weight is 584 g/mol. The van der Waals surface area contributed by atoms with E-state index in [2.05, 4.69) is 55.1 Å².